The third-order valence-corrected chi connectivity index (χ3v) is 7.06. The van der Waals surface area contributed by atoms with E-state index in [1.54, 1.807) is 70.7 Å². The van der Waals surface area contributed by atoms with Gasteiger partial charge in [-0.25, -0.2) is 4.39 Å². The maximum atomic E-state index is 14.1. The number of fused-ring (bicyclic) bond motifs is 1. The van der Waals surface area contributed by atoms with Gasteiger partial charge in [0.15, 0.2) is 11.6 Å². The fourth-order valence-electron chi connectivity index (χ4n) is 4.27. The smallest absolute Gasteiger partial charge is 0.254 e. The number of rotatable bonds is 10. The number of thiophene rings is 1. The van der Waals surface area contributed by atoms with Crippen molar-refractivity contribution in [3.63, 3.8) is 0 Å². The molecule has 0 saturated heterocycles. The van der Waals surface area contributed by atoms with Crippen LogP contribution in [-0.4, -0.2) is 61.6 Å². The van der Waals surface area contributed by atoms with E-state index in [0.717, 1.165) is 12.0 Å². The molecular weight excluding hydrogens is 467 g/mol. The number of nitrogens with zero attached hydrogens (tertiary/aromatic N) is 2. The molecule has 3 aromatic rings. The summed E-state index contributed by atoms with van der Waals surface area (Å²) < 4.78 is 25.1. The number of methoxy groups -OCH3 is 1. The third kappa shape index (κ3) is 6.07. The molecule has 0 saturated carbocycles. The van der Waals surface area contributed by atoms with Crippen LogP contribution in [0.1, 0.15) is 33.3 Å². The monoisotopic (exact) mass is 496 g/mol. The van der Waals surface area contributed by atoms with Gasteiger partial charge in [-0.2, -0.15) is 0 Å². The number of benzene rings is 2. The zero-order chi connectivity index (χ0) is 24.6. The van der Waals surface area contributed by atoms with Gasteiger partial charge in [0.1, 0.15) is 13.2 Å². The molecule has 0 spiro atoms. The highest BCUT2D eigenvalue weighted by atomic mass is 32.1. The summed E-state index contributed by atoms with van der Waals surface area (Å²) >= 11 is 1.65. The van der Waals surface area contributed by atoms with Gasteiger partial charge in [-0.15, -0.1) is 11.3 Å². The standard InChI is InChI=1S/C27H29FN2O4S/c1-33-16-7-14-29(27(32)20-8-3-2-4-9-20)18-26(31)30-15-12-25-21(13-17-35-25)23(30)19-34-24-11-6-5-10-22(24)28/h2-6,8-11,13,17,23H,7,12,14-16,18-19H2,1H3/t23-/m0/s1. The molecule has 1 aliphatic rings. The van der Waals surface area contributed by atoms with Crippen LogP contribution >= 0.6 is 11.3 Å². The van der Waals surface area contributed by atoms with Crippen LogP contribution in [0, 0.1) is 5.82 Å². The zero-order valence-electron chi connectivity index (χ0n) is 19.7. The van der Waals surface area contributed by atoms with Gasteiger partial charge in [-0.3, -0.25) is 9.59 Å². The first-order valence-corrected chi connectivity index (χ1v) is 12.5. The summed E-state index contributed by atoms with van der Waals surface area (Å²) in [6.45, 7) is 1.50. The van der Waals surface area contributed by atoms with Crippen LogP contribution in [0.5, 0.6) is 5.75 Å². The lowest BCUT2D eigenvalue weighted by atomic mass is 10.0. The van der Waals surface area contributed by atoms with E-state index in [1.165, 1.54) is 10.9 Å². The summed E-state index contributed by atoms with van der Waals surface area (Å²) in [6.07, 6.45) is 1.36. The number of para-hydroxylation sites is 1. The van der Waals surface area contributed by atoms with Gasteiger partial charge < -0.3 is 19.3 Å². The summed E-state index contributed by atoms with van der Waals surface area (Å²) in [6, 6.07) is 16.9. The maximum absolute atomic E-state index is 14.1. The van der Waals surface area contributed by atoms with Gasteiger partial charge in [0.05, 0.1) is 6.04 Å². The molecule has 0 aliphatic carbocycles. The number of amides is 2. The van der Waals surface area contributed by atoms with E-state index in [1.807, 2.05) is 17.5 Å². The second-order valence-corrected chi connectivity index (χ2v) is 9.33. The first-order valence-electron chi connectivity index (χ1n) is 11.6. The molecule has 0 unspecified atom stereocenters. The Morgan fingerprint density at radius 1 is 1.11 bits per heavy atom. The topological polar surface area (TPSA) is 59.1 Å². The van der Waals surface area contributed by atoms with Crippen LogP contribution in [0.4, 0.5) is 4.39 Å². The van der Waals surface area contributed by atoms with Crippen molar-refractivity contribution in [3.8, 4) is 5.75 Å². The Morgan fingerprint density at radius 2 is 1.89 bits per heavy atom. The van der Waals surface area contributed by atoms with Crippen LogP contribution in [0.15, 0.2) is 66.0 Å². The SMILES string of the molecule is COCCCN(CC(=O)N1CCc2sccc2[C@@H]1COc1ccccc1F)C(=O)c1ccccc1. The zero-order valence-corrected chi connectivity index (χ0v) is 20.5. The van der Waals surface area contributed by atoms with Crippen LogP contribution in [0.25, 0.3) is 0 Å². The van der Waals surface area contributed by atoms with Gasteiger partial charge in [0.2, 0.25) is 5.91 Å². The van der Waals surface area contributed by atoms with E-state index in [9.17, 15) is 14.0 Å². The largest absolute Gasteiger partial charge is 0.488 e. The lowest BCUT2D eigenvalue weighted by molar-refractivity contribution is -0.135. The quantitative estimate of drug-likeness (QED) is 0.386. The van der Waals surface area contributed by atoms with Crippen LogP contribution < -0.4 is 4.74 Å². The Balaban J connectivity index is 1.52. The molecule has 0 radical (unpaired) electrons. The number of hydrogen-bond acceptors (Lipinski definition) is 5. The maximum Gasteiger partial charge on any atom is 0.254 e. The number of ether oxygens (including phenoxy) is 2. The second-order valence-electron chi connectivity index (χ2n) is 8.33. The molecule has 1 aromatic heterocycles. The molecule has 1 aliphatic heterocycles. The molecule has 4 rings (SSSR count). The summed E-state index contributed by atoms with van der Waals surface area (Å²) in [5.41, 5.74) is 1.56. The Labute approximate surface area is 208 Å². The highest BCUT2D eigenvalue weighted by Crippen LogP contribution is 2.34. The van der Waals surface area contributed by atoms with Gasteiger partial charge in [0.25, 0.3) is 5.91 Å². The molecular formula is C27H29FN2O4S. The van der Waals surface area contributed by atoms with E-state index in [-0.39, 0.29) is 36.8 Å². The van der Waals surface area contributed by atoms with Crippen LogP contribution in [0.2, 0.25) is 0 Å². The van der Waals surface area contributed by atoms with Gasteiger partial charge >= 0.3 is 0 Å². The molecule has 8 heteroatoms. The first-order chi connectivity index (χ1) is 17.1. The first kappa shape index (κ1) is 24.9. The third-order valence-electron chi connectivity index (χ3n) is 6.06. The second kappa shape index (κ2) is 12.0. The van der Waals surface area contributed by atoms with Gasteiger partial charge in [0, 0.05) is 37.2 Å². The minimum Gasteiger partial charge on any atom is -0.488 e. The minimum atomic E-state index is -0.440. The van der Waals surface area contributed by atoms with Crippen molar-refractivity contribution in [2.24, 2.45) is 0 Å². The van der Waals surface area contributed by atoms with Crippen molar-refractivity contribution in [1.29, 1.82) is 0 Å². The Bertz CT molecular complexity index is 1140. The van der Waals surface area contributed by atoms with Crippen molar-refractivity contribution in [2.75, 3.05) is 40.0 Å². The summed E-state index contributed by atoms with van der Waals surface area (Å²) in [4.78, 5) is 31.3. The average molecular weight is 497 g/mol. The highest BCUT2D eigenvalue weighted by molar-refractivity contribution is 7.10. The van der Waals surface area contributed by atoms with Crippen molar-refractivity contribution < 1.29 is 23.5 Å². The van der Waals surface area contributed by atoms with Crippen LogP contribution in [-0.2, 0) is 16.0 Å². The van der Waals surface area contributed by atoms with Crippen molar-refractivity contribution in [3.05, 3.63) is 87.9 Å². The molecule has 2 amide bonds. The van der Waals surface area contributed by atoms with Crippen molar-refractivity contribution in [1.82, 2.24) is 9.80 Å². The van der Waals surface area contributed by atoms with Gasteiger partial charge in [-0.05, 0) is 54.1 Å². The molecule has 1 atom stereocenters. The fraction of sp³-hybridized carbons (Fsp3) is 0.333. The van der Waals surface area contributed by atoms with E-state index in [4.69, 9.17) is 9.47 Å². The summed E-state index contributed by atoms with van der Waals surface area (Å²) in [5, 5.41) is 2.00. The molecule has 0 N–H and O–H groups in total. The Hall–Kier alpha value is -3.23. The molecule has 0 bridgehead atoms. The van der Waals surface area contributed by atoms with E-state index < -0.39 is 5.82 Å². The predicted molar refractivity (Wildman–Crippen MR) is 133 cm³/mol. The number of hydrogen-bond donors (Lipinski definition) is 0. The Morgan fingerprint density at radius 3 is 2.66 bits per heavy atom. The normalized spacial score (nSPS) is 14.9. The Kier molecular flexibility index (Phi) is 8.50. The minimum absolute atomic E-state index is 0.0485. The fourth-order valence-corrected chi connectivity index (χ4v) is 5.20. The molecule has 0 fully saturated rings. The average Bonchev–Trinajstić information content (AvgIpc) is 3.37. The van der Waals surface area contributed by atoms with E-state index in [0.29, 0.717) is 31.7 Å². The summed E-state index contributed by atoms with van der Waals surface area (Å²) in [7, 11) is 1.61. The molecule has 2 aromatic carbocycles. The van der Waals surface area contributed by atoms with Gasteiger partial charge in [-0.1, -0.05) is 30.3 Å². The number of carbonyl (C=O) groups excluding carboxylic acids is 2. The lowest BCUT2D eigenvalue weighted by Gasteiger charge is -2.37. The highest BCUT2D eigenvalue weighted by Gasteiger charge is 2.33. The van der Waals surface area contributed by atoms with E-state index >= 15 is 0 Å². The van der Waals surface area contributed by atoms with Crippen molar-refractivity contribution >= 4 is 23.2 Å². The molecule has 184 valence electrons. The predicted octanol–water partition coefficient (Wildman–Crippen LogP) is 4.57. The number of carbonyl (C=O) groups is 2. The molecule has 6 nitrogen and oxygen atoms in total. The van der Waals surface area contributed by atoms with Crippen LogP contribution in [0.3, 0.4) is 0 Å². The molecule has 35 heavy (non-hydrogen) atoms. The lowest BCUT2D eigenvalue weighted by Crippen LogP contribution is -2.48. The van der Waals surface area contributed by atoms with Crippen molar-refractivity contribution in [2.45, 2.75) is 18.9 Å². The van der Waals surface area contributed by atoms with E-state index in [2.05, 4.69) is 0 Å². The summed E-state index contributed by atoms with van der Waals surface area (Å²) in [5.74, 6) is -0.639. The molecule has 2 heterocycles. The number of halogens is 1.